The highest BCUT2D eigenvalue weighted by molar-refractivity contribution is 6.07. The zero-order valence-corrected chi connectivity index (χ0v) is 11.9. The van der Waals surface area contributed by atoms with Crippen LogP contribution in [0.3, 0.4) is 0 Å². The second kappa shape index (κ2) is 6.61. The van der Waals surface area contributed by atoms with Crippen molar-refractivity contribution in [2.75, 3.05) is 14.2 Å². The molecule has 2 aromatic rings. The van der Waals surface area contributed by atoms with Crippen molar-refractivity contribution in [3.8, 4) is 17.2 Å². The summed E-state index contributed by atoms with van der Waals surface area (Å²) in [6.45, 7) is 0. The summed E-state index contributed by atoms with van der Waals surface area (Å²) in [7, 11) is 3.14. The second-order valence-corrected chi connectivity index (χ2v) is 4.39. The molecule has 0 saturated heterocycles. The summed E-state index contributed by atoms with van der Waals surface area (Å²) in [5.41, 5.74) is 1.22. The number of carbonyl (C=O) groups is 1. The van der Waals surface area contributed by atoms with Crippen LogP contribution in [0.25, 0.3) is 6.08 Å². The van der Waals surface area contributed by atoms with E-state index < -0.39 is 0 Å². The van der Waals surface area contributed by atoms with Gasteiger partial charge in [0.1, 0.15) is 17.2 Å². The number of hydrogen-bond donors (Lipinski definition) is 1. The topological polar surface area (TPSA) is 55.8 Å². The summed E-state index contributed by atoms with van der Waals surface area (Å²) in [6.07, 6.45) is 3.13. The average Bonchev–Trinajstić information content (AvgIpc) is 2.52. The van der Waals surface area contributed by atoms with E-state index >= 15 is 0 Å². The first-order chi connectivity index (χ1) is 10.1. The summed E-state index contributed by atoms with van der Waals surface area (Å²) >= 11 is 0. The minimum Gasteiger partial charge on any atom is -0.508 e. The zero-order chi connectivity index (χ0) is 15.2. The first-order valence-corrected chi connectivity index (χ1v) is 6.37. The highest BCUT2D eigenvalue weighted by Gasteiger charge is 2.03. The van der Waals surface area contributed by atoms with Crippen molar-refractivity contribution >= 4 is 11.9 Å². The number of methoxy groups -OCH3 is 2. The maximum atomic E-state index is 12.0. The maximum Gasteiger partial charge on any atom is 0.185 e. The monoisotopic (exact) mass is 284 g/mol. The number of phenolic OH excluding ortho intramolecular Hbond substituents is 1. The summed E-state index contributed by atoms with van der Waals surface area (Å²) < 4.78 is 10.3. The molecule has 108 valence electrons. The molecule has 0 atom stereocenters. The minimum atomic E-state index is -0.187. The van der Waals surface area contributed by atoms with Gasteiger partial charge in [0.05, 0.1) is 14.2 Å². The Morgan fingerprint density at radius 2 is 1.71 bits per heavy atom. The largest absolute Gasteiger partial charge is 0.508 e. The van der Waals surface area contributed by atoms with E-state index in [1.54, 1.807) is 50.6 Å². The Labute approximate surface area is 123 Å². The number of phenols is 1. The molecule has 2 rings (SSSR count). The lowest BCUT2D eigenvalue weighted by Crippen LogP contribution is -1.93. The van der Waals surface area contributed by atoms with Crippen molar-refractivity contribution in [2.24, 2.45) is 0 Å². The van der Waals surface area contributed by atoms with Gasteiger partial charge in [-0.05, 0) is 35.9 Å². The third-order valence-electron chi connectivity index (χ3n) is 2.93. The van der Waals surface area contributed by atoms with Crippen LogP contribution in [0.1, 0.15) is 15.9 Å². The van der Waals surface area contributed by atoms with Gasteiger partial charge in [-0.15, -0.1) is 0 Å². The second-order valence-electron chi connectivity index (χ2n) is 4.39. The van der Waals surface area contributed by atoms with Crippen LogP contribution in [0.2, 0.25) is 0 Å². The van der Waals surface area contributed by atoms with Crippen LogP contribution in [0.4, 0.5) is 0 Å². The molecule has 0 unspecified atom stereocenters. The quantitative estimate of drug-likeness (QED) is 0.676. The van der Waals surface area contributed by atoms with Crippen LogP contribution in [0.15, 0.2) is 48.5 Å². The number of rotatable bonds is 5. The van der Waals surface area contributed by atoms with Crippen LogP contribution >= 0.6 is 0 Å². The van der Waals surface area contributed by atoms with Gasteiger partial charge < -0.3 is 14.6 Å². The minimum absolute atomic E-state index is 0.0669. The number of ketones is 1. The molecular weight excluding hydrogens is 268 g/mol. The van der Waals surface area contributed by atoms with Crippen molar-refractivity contribution in [1.29, 1.82) is 0 Å². The van der Waals surface area contributed by atoms with Gasteiger partial charge in [-0.1, -0.05) is 18.2 Å². The van der Waals surface area contributed by atoms with E-state index in [9.17, 15) is 9.90 Å². The van der Waals surface area contributed by atoms with E-state index in [2.05, 4.69) is 0 Å². The van der Waals surface area contributed by atoms with Gasteiger partial charge in [0.15, 0.2) is 5.78 Å². The number of allylic oxidation sites excluding steroid dienone is 1. The Morgan fingerprint density at radius 3 is 2.29 bits per heavy atom. The molecule has 21 heavy (non-hydrogen) atoms. The lowest BCUT2D eigenvalue weighted by molar-refractivity contribution is 0.104. The van der Waals surface area contributed by atoms with Gasteiger partial charge in [-0.2, -0.15) is 0 Å². The molecule has 0 aliphatic heterocycles. The molecule has 1 N–H and O–H groups in total. The van der Waals surface area contributed by atoms with E-state index in [0.717, 1.165) is 5.56 Å². The molecule has 0 radical (unpaired) electrons. The Bertz CT molecular complexity index is 652. The Balaban J connectivity index is 2.22. The molecule has 0 bridgehead atoms. The molecule has 0 spiro atoms. The SMILES string of the molecule is COc1cc(C=CC(=O)c2cccc(O)c2)cc(OC)c1. The number of carbonyl (C=O) groups excluding carboxylic acids is 1. The first kappa shape index (κ1) is 14.7. The third kappa shape index (κ3) is 3.86. The van der Waals surface area contributed by atoms with Crippen LogP contribution in [-0.4, -0.2) is 25.1 Å². The van der Waals surface area contributed by atoms with Crippen LogP contribution in [0, 0.1) is 0 Å². The Hall–Kier alpha value is -2.75. The van der Waals surface area contributed by atoms with Crippen molar-refractivity contribution in [1.82, 2.24) is 0 Å². The molecule has 0 aliphatic rings. The van der Waals surface area contributed by atoms with E-state index in [0.29, 0.717) is 17.1 Å². The zero-order valence-electron chi connectivity index (χ0n) is 11.9. The summed E-state index contributed by atoms with van der Waals surface area (Å²) in [5.74, 6) is 1.18. The fourth-order valence-electron chi connectivity index (χ4n) is 1.85. The van der Waals surface area contributed by atoms with Gasteiger partial charge >= 0.3 is 0 Å². The smallest absolute Gasteiger partial charge is 0.185 e. The predicted molar refractivity (Wildman–Crippen MR) is 81.0 cm³/mol. The molecule has 0 heterocycles. The standard InChI is InChI=1S/C17H16O4/c1-20-15-8-12(9-16(11-15)21-2)6-7-17(19)13-4-3-5-14(18)10-13/h3-11,18H,1-2H3. The molecule has 4 heteroatoms. The van der Waals surface area contributed by atoms with E-state index in [1.807, 2.05) is 0 Å². The lowest BCUT2D eigenvalue weighted by atomic mass is 10.1. The molecular formula is C17H16O4. The van der Waals surface area contributed by atoms with Crippen LogP contribution in [0.5, 0.6) is 17.2 Å². The van der Waals surface area contributed by atoms with Gasteiger partial charge in [-0.25, -0.2) is 0 Å². The lowest BCUT2D eigenvalue weighted by Gasteiger charge is -2.05. The van der Waals surface area contributed by atoms with E-state index in [1.165, 1.54) is 18.2 Å². The first-order valence-electron chi connectivity index (χ1n) is 6.37. The highest BCUT2D eigenvalue weighted by Crippen LogP contribution is 2.23. The van der Waals surface area contributed by atoms with Gasteiger partial charge in [0, 0.05) is 11.6 Å². The van der Waals surface area contributed by atoms with Crippen molar-refractivity contribution in [2.45, 2.75) is 0 Å². The van der Waals surface area contributed by atoms with Gasteiger partial charge in [-0.3, -0.25) is 4.79 Å². The fourth-order valence-corrected chi connectivity index (χ4v) is 1.85. The predicted octanol–water partition coefficient (Wildman–Crippen LogP) is 3.31. The summed E-state index contributed by atoms with van der Waals surface area (Å²) in [6, 6.07) is 11.6. The fraction of sp³-hybridized carbons (Fsp3) is 0.118. The maximum absolute atomic E-state index is 12.0. The Kier molecular flexibility index (Phi) is 4.61. The molecule has 0 saturated carbocycles. The molecule has 0 aliphatic carbocycles. The molecule has 2 aromatic carbocycles. The van der Waals surface area contributed by atoms with Crippen LogP contribution in [-0.2, 0) is 0 Å². The summed E-state index contributed by atoms with van der Waals surface area (Å²) in [5, 5.41) is 9.37. The molecule has 4 nitrogen and oxygen atoms in total. The van der Waals surface area contributed by atoms with Gasteiger partial charge in [0.25, 0.3) is 0 Å². The number of hydrogen-bond acceptors (Lipinski definition) is 4. The van der Waals surface area contributed by atoms with Crippen molar-refractivity contribution in [3.05, 3.63) is 59.7 Å². The summed E-state index contributed by atoms with van der Waals surface area (Å²) in [4.78, 5) is 12.0. The molecule has 0 aromatic heterocycles. The number of ether oxygens (including phenoxy) is 2. The Morgan fingerprint density at radius 1 is 1.05 bits per heavy atom. The average molecular weight is 284 g/mol. The van der Waals surface area contributed by atoms with Gasteiger partial charge in [0.2, 0.25) is 0 Å². The highest BCUT2D eigenvalue weighted by atomic mass is 16.5. The molecule has 0 fully saturated rings. The van der Waals surface area contributed by atoms with Crippen molar-refractivity contribution < 1.29 is 19.4 Å². The van der Waals surface area contributed by atoms with Crippen LogP contribution < -0.4 is 9.47 Å². The number of benzene rings is 2. The third-order valence-corrected chi connectivity index (χ3v) is 2.93. The molecule has 0 amide bonds. The van der Waals surface area contributed by atoms with E-state index in [-0.39, 0.29) is 11.5 Å². The normalized spacial score (nSPS) is 10.6. The van der Waals surface area contributed by atoms with E-state index in [4.69, 9.17) is 9.47 Å². The van der Waals surface area contributed by atoms with Crippen molar-refractivity contribution in [3.63, 3.8) is 0 Å². The number of aromatic hydroxyl groups is 1.